The van der Waals surface area contributed by atoms with E-state index in [9.17, 15) is 0 Å². The SMILES string of the molecule is CCNc1cc(NC(C)C(C)C)nc(COC)n1. The van der Waals surface area contributed by atoms with Crippen LogP contribution in [0.4, 0.5) is 11.6 Å². The maximum absolute atomic E-state index is 5.09. The van der Waals surface area contributed by atoms with Gasteiger partial charge in [-0.3, -0.25) is 0 Å². The Hall–Kier alpha value is -1.36. The zero-order valence-corrected chi connectivity index (χ0v) is 11.9. The fourth-order valence-electron chi connectivity index (χ4n) is 1.44. The number of rotatable bonds is 7. The highest BCUT2D eigenvalue weighted by Gasteiger charge is 2.10. The molecule has 1 aromatic rings. The third kappa shape index (κ3) is 4.49. The Bertz CT molecular complexity index is 344. The van der Waals surface area contributed by atoms with E-state index in [1.807, 2.05) is 13.0 Å². The van der Waals surface area contributed by atoms with Gasteiger partial charge < -0.3 is 15.4 Å². The molecule has 2 N–H and O–H groups in total. The molecule has 1 rings (SSSR count). The molecule has 0 bridgehead atoms. The van der Waals surface area contributed by atoms with Crippen LogP contribution in [0.15, 0.2) is 6.07 Å². The van der Waals surface area contributed by atoms with Crippen LogP contribution >= 0.6 is 0 Å². The Morgan fingerprint density at radius 2 is 1.89 bits per heavy atom. The van der Waals surface area contributed by atoms with Crippen molar-refractivity contribution in [2.24, 2.45) is 5.92 Å². The molecule has 0 aliphatic heterocycles. The fourth-order valence-corrected chi connectivity index (χ4v) is 1.44. The van der Waals surface area contributed by atoms with Crippen LogP contribution in [0.5, 0.6) is 0 Å². The average Bonchev–Trinajstić information content (AvgIpc) is 2.29. The number of hydrogen-bond donors (Lipinski definition) is 2. The topological polar surface area (TPSA) is 59.1 Å². The number of methoxy groups -OCH3 is 1. The Morgan fingerprint density at radius 3 is 2.44 bits per heavy atom. The van der Waals surface area contributed by atoms with E-state index < -0.39 is 0 Å². The molecule has 1 heterocycles. The fraction of sp³-hybridized carbons (Fsp3) is 0.692. The summed E-state index contributed by atoms with van der Waals surface area (Å²) in [4.78, 5) is 8.82. The van der Waals surface area contributed by atoms with E-state index in [4.69, 9.17) is 4.74 Å². The summed E-state index contributed by atoms with van der Waals surface area (Å²) < 4.78 is 5.09. The summed E-state index contributed by atoms with van der Waals surface area (Å²) >= 11 is 0. The second-order valence-electron chi connectivity index (χ2n) is 4.70. The molecule has 0 aliphatic carbocycles. The van der Waals surface area contributed by atoms with Crippen LogP contribution in [0, 0.1) is 5.92 Å². The highest BCUT2D eigenvalue weighted by Crippen LogP contribution is 2.15. The first-order valence-electron chi connectivity index (χ1n) is 6.44. The van der Waals surface area contributed by atoms with Gasteiger partial charge in [0, 0.05) is 25.8 Å². The number of hydrogen-bond acceptors (Lipinski definition) is 5. The van der Waals surface area contributed by atoms with Crippen molar-refractivity contribution in [3.05, 3.63) is 11.9 Å². The van der Waals surface area contributed by atoms with Crippen LogP contribution in [0.25, 0.3) is 0 Å². The van der Waals surface area contributed by atoms with Gasteiger partial charge in [-0.2, -0.15) is 0 Å². The standard InChI is InChI=1S/C13H24N4O/c1-6-14-11-7-12(15-10(4)9(2)3)17-13(16-11)8-18-5/h7,9-10H,6,8H2,1-5H3,(H2,14,15,16,17). The van der Waals surface area contributed by atoms with Gasteiger partial charge >= 0.3 is 0 Å². The number of ether oxygens (including phenoxy) is 1. The maximum Gasteiger partial charge on any atom is 0.158 e. The zero-order chi connectivity index (χ0) is 13.5. The van der Waals surface area contributed by atoms with E-state index in [0.29, 0.717) is 24.4 Å². The first-order valence-corrected chi connectivity index (χ1v) is 6.44. The first-order chi connectivity index (χ1) is 8.56. The van der Waals surface area contributed by atoms with Gasteiger partial charge in [-0.05, 0) is 19.8 Å². The van der Waals surface area contributed by atoms with Gasteiger partial charge in [0.1, 0.15) is 18.2 Å². The van der Waals surface area contributed by atoms with Crippen molar-refractivity contribution in [1.82, 2.24) is 9.97 Å². The van der Waals surface area contributed by atoms with Gasteiger partial charge in [0.15, 0.2) is 5.82 Å². The third-order valence-electron chi connectivity index (χ3n) is 2.78. The van der Waals surface area contributed by atoms with Crippen LogP contribution in [0.3, 0.4) is 0 Å². The molecule has 0 radical (unpaired) electrons. The normalized spacial score (nSPS) is 12.6. The quantitative estimate of drug-likeness (QED) is 0.781. The monoisotopic (exact) mass is 252 g/mol. The molecule has 0 aromatic carbocycles. The largest absolute Gasteiger partial charge is 0.377 e. The first kappa shape index (κ1) is 14.7. The van der Waals surface area contributed by atoms with Crippen molar-refractivity contribution >= 4 is 11.6 Å². The molecule has 0 aliphatic rings. The van der Waals surface area contributed by atoms with Gasteiger partial charge in [0.25, 0.3) is 0 Å². The number of nitrogens with zero attached hydrogens (tertiary/aromatic N) is 2. The summed E-state index contributed by atoms with van der Waals surface area (Å²) in [5, 5.41) is 6.59. The minimum atomic E-state index is 0.366. The molecule has 0 spiro atoms. The van der Waals surface area contributed by atoms with E-state index >= 15 is 0 Å². The summed E-state index contributed by atoms with van der Waals surface area (Å²) in [5.41, 5.74) is 0. The van der Waals surface area contributed by atoms with Gasteiger partial charge in [0.2, 0.25) is 0 Å². The summed E-state index contributed by atoms with van der Waals surface area (Å²) in [6.07, 6.45) is 0. The predicted octanol–water partition coefficient (Wildman–Crippen LogP) is 2.51. The van der Waals surface area contributed by atoms with Gasteiger partial charge in [-0.25, -0.2) is 9.97 Å². The number of nitrogens with one attached hydrogen (secondary N) is 2. The highest BCUT2D eigenvalue weighted by molar-refractivity contribution is 5.48. The lowest BCUT2D eigenvalue weighted by Crippen LogP contribution is -2.22. The van der Waals surface area contributed by atoms with Gasteiger partial charge in [0.05, 0.1) is 0 Å². The minimum Gasteiger partial charge on any atom is -0.377 e. The Balaban J connectivity index is 2.87. The van der Waals surface area contributed by atoms with E-state index in [2.05, 4.69) is 41.4 Å². The molecule has 1 aromatic heterocycles. The average molecular weight is 252 g/mol. The lowest BCUT2D eigenvalue weighted by atomic mass is 10.1. The molecule has 0 saturated heterocycles. The highest BCUT2D eigenvalue weighted by atomic mass is 16.5. The number of anilines is 2. The molecular weight excluding hydrogens is 228 g/mol. The van der Waals surface area contributed by atoms with Crippen molar-refractivity contribution in [2.75, 3.05) is 24.3 Å². The Labute approximate surface area is 109 Å². The summed E-state index contributed by atoms with van der Waals surface area (Å²) in [7, 11) is 1.65. The summed E-state index contributed by atoms with van der Waals surface area (Å²) in [6.45, 7) is 9.81. The van der Waals surface area contributed by atoms with Crippen LogP contribution < -0.4 is 10.6 Å². The van der Waals surface area contributed by atoms with Gasteiger partial charge in [-0.15, -0.1) is 0 Å². The van der Waals surface area contributed by atoms with Crippen LogP contribution in [-0.2, 0) is 11.3 Å². The van der Waals surface area contributed by atoms with Crippen molar-refractivity contribution in [3.63, 3.8) is 0 Å². The van der Waals surface area contributed by atoms with Crippen LogP contribution in [0.2, 0.25) is 0 Å². The van der Waals surface area contributed by atoms with E-state index in [0.717, 1.165) is 18.2 Å². The molecule has 102 valence electrons. The molecular formula is C13H24N4O. The van der Waals surface area contributed by atoms with Crippen LogP contribution in [0.1, 0.15) is 33.5 Å². The lowest BCUT2D eigenvalue weighted by Gasteiger charge is -2.19. The Morgan fingerprint density at radius 1 is 1.22 bits per heavy atom. The molecule has 5 heteroatoms. The zero-order valence-electron chi connectivity index (χ0n) is 11.9. The van der Waals surface area contributed by atoms with E-state index in [1.54, 1.807) is 7.11 Å². The maximum atomic E-state index is 5.09. The van der Waals surface area contributed by atoms with Crippen LogP contribution in [-0.4, -0.2) is 29.7 Å². The van der Waals surface area contributed by atoms with Gasteiger partial charge in [-0.1, -0.05) is 13.8 Å². The summed E-state index contributed by atoms with van der Waals surface area (Å²) in [6, 6.07) is 2.30. The number of aromatic nitrogens is 2. The molecule has 0 amide bonds. The molecule has 0 fully saturated rings. The Kier molecular flexibility index (Phi) is 5.85. The molecule has 1 unspecified atom stereocenters. The minimum absolute atomic E-state index is 0.366. The molecule has 1 atom stereocenters. The molecule has 18 heavy (non-hydrogen) atoms. The second-order valence-corrected chi connectivity index (χ2v) is 4.70. The third-order valence-corrected chi connectivity index (χ3v) is 2.78. The molecule has 5 nitrogen and oxygen atoms in total. The molecule has 0 saturated carbocycles. The predicted molar refractivity (Wildman–Crippen MR) is 74.8 cm³/mol. The second kappa shape index (κ2) is 7.16. The van der Waals surface area contributed by atoms with E-state index in [-0.39, 0.29) is 0 Å². The lowest BCUT2D eigenvalue weighted by molar-refractivity contribution is 0.178. The van der Waals surface area contributed by atoms with Crippen molar-refractivity contribution < 1.29 is 4.74 Å². The smallest absolute Gasteiger partial charge is 0.158 e. The summed E-state index contributed by atoms with van der Waals surface area (Å²) in [5.74, 6) is 2.91. The van der Waals surface area contributed by atoms with E-state index in [1.165, 1.54) is 0 Å². The van der Waals surface area contributed by atoms with Crippen molar-refractivity contribution in [2.45, 2.75) is 40.3 Å². The van der Waals surface area contributed by atoms with Crippen molar-refractivity contribution in [3.8, 4) is 0 Å². The van der Waals surface area contributed by atoms with Crippen molar-refractivity contribution in [1.29, 1.82) is 0 Å².